The summed E-state index contributed by atoms with van der Waals surface area (Å²) >= 11 is 1.22. The molecule has 0 aliphatic carbocycles. The van der Waals surface area contributed by atoms with Gasteiger partial charge in [-0.3, -0.25) is 4.90 Å². The largest absolute Gasteiger partial charge is 0.463 e. The molecule has 2 aliphatic rings. The van der Waals surface area contributed by atoms with Crippen LogP contribution in [0.15, 0.2) is 75.9 Å². The molecule has 0 aromatic heterocycles. The summed E-state index contributed by atoms with van der Waals surface area (Å²) in [5, 5.41) is 10.2. The molecule has 0 unspecified atom stereocenters. The number of fused-ring (bicyclic) bond motifs is 1. The Morgan fingerprint density at radius 3 is 2.50 bits per heavy atom. The zero-order valence-corrected chi connectivity index (χ0v) is 19.0. The first-order valence-electron chi connectivity index (χ1n) is 10.5. The van der Waals surface area contributed by atoms with Crippen LogP contribution >= 0.6 is 11.8 Å². The van der Waals surface area contributed by atoms with E-state index in [1.807, 2.05) is 42.5 Å². The van der Waals surface area contributed by atoms with Crippen molar-refractivity contribution in [3.8, 4) is 6.07 Å². The minimum absolute atomic E-state index is 0.240. The number of ether oxygens (including phenoxy) is 1. The Hall–Kier alpha value is -3.50. The Balaban J connectivity index is 1.97. The van der Waals surface area contributed by atoms with Gasteiger partial charge in [0.1, 0.15) is 16.8 Å². The van der Waals surface area contributed by atoms with E-state index in [1.54, 1.807) is 11.8 Å². The Bertz CT molecular complexity index is 1170. The molecular formula is C25H24N4O2S. The second-order valence-electron chi connectivity index (χ2n) is 7.77. The van der Waals surface area contributed by atoms with Crippen LogP contribution < -0.4 is 5.73 Å². The van der Waals surface area contributed by atoms with Crippen molar-refractivity contribution in [1.29, 1.82) is 5.26 Å². The molecule has 32 heavy (non-hydrogen) atoms. The fourth-order valence-corrected chi connectivity index (χ4v) is 4.71. The maximum Gasteiger partial charge on any atom is 0.338 e. The first-order chi connectivity index (χ1) is 15.5. The van der Waals surface area contributed by atoms with Crippen molar-refractivity contribution in [2.75, 3.05) is 6.61 Å². The van der Waals surface area contributed by atoms with E-state index >= 15 is 0 Å². The van der Waals surface area contributed by atoms with Crippen molar-refractivity contribution >= 4 is 28.6 Å². The standard InChI is InChI=1S/C25H24N4O2S/c1-4-31-24(30)20-21(17-8-6-5-7-9-17)28-25-29(23(27)19(14-26)32-25)22(20)18-12-10-16(11-13-18)15(2)3/h5-13,15,22H,4,27H2,1-3H3/t22-/m1/s1. The highest BCUT2D eigenvalue weighted by atomic mass is 32.2. The first kappa shape index (κ1) is 21.7. The molecule has 2 N–H and O–H groups in total. The summed E-state index contributed by atoms with van der Waals surface area (Å²) in [7, 11) is 0. The van der Waals surface area contributed by atoms with Crippen LogP contribution in [0, 0.1) is 11.3 Å². The summed E-state index contributed by atoms with van der Waals surface area (Å²) in [6.07, 6.45) is 0. The Morgan fingerprint density at radius 2 is 1.91 bits per heavy atom. The van der Waals surface area contributed by atoms with Gasteiger partial charge in [-0.05, 0) is 35.7 Å². The number of hydrogen-bond donors (Lipinski definition) is 1. The number of nitrogens with zero attached hydrogens (tertiary/aromatic N) is 3. The average molecular weight is 445 g/mol. The summed E-state index contributed by atoms with van der Waals surface area (Å²) in [5.41, 5.74) is 10.2. The van der Waals surface area contributed by atoms with Crippen molar-refractivity contribution in [2.45, 2.75) is 32.7 Å². The lowest BCUT2D eigenvalue weighted by Gasteiger charge is -2.35. The molecule has 0 saturated carbocycles. The average Bonchev–Trinajstić information content (AvgIpc) is 3.14. The lowest BCUT2D eigenvalue weighted by molar-refractivity contribution is -0.139. The number of benzene rings is 2. The van der Waals surface area contributed by atoms with Gasteiger partial charge in [-0.1, -0.05) is 68.4 Å². The van der Waals surface area contributed by atoms with Crippen LogP contribution in [-0.4, -0.2) is 22.6 Å². The molecule has 0 spiro atoms. The molecule has 162 valence electrons. The second-order valence-corrected chi connectivity index (χ2v) is 8.74. The van der Waals surface area contributed by atoms with Crippen LogP contribution in [0.3, 0.4) is 0 Å². The van der Waals surface area contributed by atoms with Gasteiger partial charge in [0.05, 0.1) is 23.9 Å². The summed E-state index contributed by atoms with van der Waals surface area (Å²) < 4.78 is 5.46. The summed E-state index contributed by atoms with van der Waals surface area (Å²) in [5.74, 6) is 0.225. The third kappa shape index (κ3) is 3.78. The number of esters is 1. The Morgan fingerprint density at radius 1 is 1.22 bits per heavy atom. The predicted octanol–water partition coefficient (Wildman–Crippen LogP) is 4.90. The van der Waals surface area contributed by atoms with E-state index in [2.05, 4.69) is 32.0 Å². The maximum absolute atomic E-state index is 13.3. The minimum atomic E-state index is -0.559. The van der Waals surface area contributed by atoms with Crippen molar-refractivity contribution < 1.29 is 9.53 Å². The number of hydrogen-bond acceptors (Lipinski definition) is 7. The number of carbonyl (C=O) groups excluding carboxylic acids is 1. The van der Waals surface area contributed by atoms with Gasteiger partial charge in [-0.25, -0.2) is 9.79 Å². The van der Waals surface area contributed by atoms with Crippen molar-refractivity contribution in [3.63, 3.8) is 0 Å². The smallest absolute Gasteiger partial charge is 0.338 e. The number of amidine groups is 1. The molecule has 6 nitrogen and oxygen atoms in total. The van der Waals surface area contributed by atoms with E-state index in [9.17, 15) is 10.1 Å². The molecule has 1 atom stereocenters. The van der Waals surface area contributed by atoms with Gasteiger partial charge in [0.15, 0.2) is 5.17 Å². The molecule has 4 rings (SSSR count). The van der Waals surface area contributed by atoms with E-state index in [0.29, 0.717) is 33.1 Å². The van der Waals surface area contributed by atoms with Crippen molar-refractivity contribution in [3.05, 3.63) is 87.6 Å². The predicted molar refractivity (Wildman–Crippen MR) is 127 cm³/mol. The van der Waals surface area contributed by atoms with E-state index in [0.717, 1.165) is 11.1 Å². The molecule has 0 radical (unpaired) electrons. The van der Waals surface area contributed by atoms with Gasteiger partial charge in [-0.15, -0.1) is 0 Å². The highest BCUT2D eigenvalue weighted by Crippen LogP contribution is 2.47. The highest BCUT2D eigenvalue weighted by Gasteiger charge is 2.43. The Kier molecular flexibility index (Phi) is 6.06. The third-order valence-corrected chi connectivity index (χ3v) is 6.42. The lowest BCUT2D eigenvalue weighted by atomic mass is 9.90. The summed E-state index contributed by atoms with van der Waals surface area (Å²) in [4.78, 5) is 20.2. The number of carbonyl (C=O) groups is 1. The van der Waals surface area contributed by atoms with Crippen LogP contribution in [0.1, 0.15) is 49.4 Å². The van der Waals surface area contributed by atoms with Crippen molar-refractivity contribution in [1.82, 2.24) is 4.90 Å². The number of nitrogens with two attached hydrogens (primary N) is 1. The molecule has 2 aromatic carbocycles. The van der Waals surface area contributed by atoms with Gasteiger partial charge in [0.25, 0.3) is 0 Å². The number of allylic oxidation sites excluding steroid dienone is 1. The normalized spacial score (nSPS) is 17.9. The van der Waals surface area contributed by atoms with Crippen LogP contribution in [0.2, 0.25) is 0 Å². The monoisotopic (exact) mass is 444 g/mol. The fraction of sp³-hybridized carbons (Fsp3) is 0.240. The molecule has 2 heterocycles. The van der Waals surface area contributed by atoms with Crippen LogP contribution in [0.5, 0.6) is 0 Å². The van der Waals surface area contributed by atoms with E-state index in [-0.39, 0.29) is 6.61 Å². The van der Waals surface area contributed by atoms with Crippen LogP contribution in [0.4, 0.5) is 0 Å². The first-order valence-corrected chi connectivity index (χ1v) is 11.3. The number of rotatable bonds is 5. The zero-order valence-electron chi connectivity index (χ0n) is 18.2. The summed E-state index contributed by atoms with van der Waals surface area (Å²) in [6, 6.07) is 19.3. The van der Waals surface area contributed by atoms with Gasteiger partial charge in [0, 0.05) is 5.56 Å². The van der Waals surface area contributed by atoms with Gasteiger partial charge in [0.2, 0.25) is 0 Å². The van der Waals surface area contributed by atoms with Gasteiger partial charge < -0.3 is 10.5 Å². The van der Waals surface area contributed by atoms with Crippen LogP contribution in [0.25, 0.3) is 5.70 Å². The molecule has 7 heteroatoms. The van der Waals surface area contributed by atoms with E-state index in [1.165, 1.54) is 17.3 Å². The zero-order chi connectivity index (χ0) is 22.8. The number of thioether (sulfide) groups is 1. The minimum Gasteiger partial charge on any atom is -0.463 e. The second kappa shape index (κ2) is 8.93. The quantitative estimate of drug-likeness (QED) is 0.660. The van der Waals surface area contributed by atoms with Crippen LogP contribution in [-0.2, 0) is 9.53 Å². The molecule has 0 saturated heterocycles. The number of aliphatic imine (C=N–C) groups is 1. The molecular weight excluding hydrogens is 420 g/mol. The van der Waals surface area contributed by atoms with Gasteiger partial charge >= 0.3 is 5.97 Å². The van der Waals surface area contributed by atoms with Crippen molar-refractivity contribution in [2.24, 2.45) is 10.7 Å². The fourth-order valence-electron chi connectivity index (χ4n) is 3.84. The molecule has 0 amide bonds. The Labute approximate surface area is 192 Å². The molecule has 0 bridgehead atoms. The summed E-state index contributed by atoms with van der Waals surface area (Å²) in [6.45, 7) is 6.28. The molecule has 2 aliphatic heterocycles. The third-order valence-electron chi connectivity index (χ3n) is 5.45. The highest BCUT2D eigenvalue weighted by molar-refractivity contribution is 8.17. The van der Waals surface area contributed by atoms with E-state index < -0.39 is 12.0 Å². The SMILES string of the molecule is CCOC(=O)C1=C(c2ccccc2)N=C2SC(C#N)=C(N)N2[C@@H]1c1ccc(C(C)C)cc1. The topological polar surface area (TPSA) is 91.7 Å². The number of nitriles is 1. The molecule has 2 aromatic rings. The van der Waals surface area contributed by atoms with E-state index in [4.69, 9.17) is 15.5 Å². The molecule has 0 fully saturated rings. The maximum atomic E-state index is 13.3. The van der Waals surface area contributed by atoms with Gasteiger partial charge in [-0.2, -0.15) is 5.26 Å². The lowest BCUT2D eigenvalue weighted by Crippen LogP contribution is -2.38.